The highest BCUT2D eigenvalue weighted by molar-refractivity contribution is 5.76. The van der Waals surface area contributed by atoms with Crippen molar-refractivity contribution in [3.63, 3.8) is 0 Å². The number of amides is 1. The molecule has 1 fully saturated rings. The fraction of sp³-hybridized carbons (Fsp3) is 0.421. The van der Waals surface area contributed by atoms with Crippen molar-refractivity contribution in [3.8, 4) is 0 Å². The van der Waals surface area contributed by atoms with Crippen molar-refractivity contribution in [1.29, 1.82) is 0 Å². The minimum absolute atomic E-state index is 0.0153. The van der Waals surface area contributed by atoms with E-state index in [0.29, 0.717) is 6.54 Å². The lowest BCUT2D eigenvalue weighted by atomic mass is 9.97. The van der Waals surface area contributed by atoms with Crippen LogP contribution in [0.3, 0.4) is 0 Å². The van der Waals surface area contributed by atoms with E-state index in [-0.39, 0.29) is 11.8 Å². The maximum Gasteiger partial charge on any atom is 0.221 e. The quantitative estimate of drug-likeness (QED) is 0.842. The van der Waals surface area contributed by atoms with Crippen LogP contribution in [0.1, 0.15) is 29.7 Å². The second-order valence-electron chi connectivity index (χ2n) is 6.70. The van der Waals surface area contributed by atoms with Crippen LogP contribution in [0.15, 0.2) is 36.7 Å². The number of aromatic nitrogens is 2. The van der Waals surface area contributed by atoms with Gasteiger partial charge in [-0.15, -0.1) is 0 Å². The average Bonchev–Trinajstić information content (AvgIpc) is 2.61. The lowest BCUT2D eigenvalue weighted by Crippen LogP contribution is -2.40. The van der Waals surface area contributed by atoms with Crippen LogP contribution < -0.4 is 11.1 Å². The van der Waals surface area contributed by atoms with Crippen LogP contribution in [0.5, 0.6) is 0 Å². The Hall–Kier alpha value is -2.47. The van der Waals surface area contributed by atoms with Gasteiger partial charge < -0.3 is 11.1 Å². The van der Waals surface area contributed by atoms with Gasteiger partial charge in [0.1, 0.15) is 5.82 Å². The number of primary amides is 1. The Kier molecular flexibility index (Phi) is 5.60. The number of rotatable bonds is 6. The Labute approximate surface area is 148 Å². The number of likely N-dealkylation sites (tertiary alicyclic amines) is 1. The van der Waals surface area contributed by atoms with Crippen LogP contribution in [0.25, 0.3) is 0 Å². The summed E-state index contributed by atoms with van der Waals surface area (Å²) in [4.78, 5) is 22.3. The number of nitrogens with zero attached hydrogens (tertiary/aromatic N) is 3. The Morgan fingerprint density at radius 2 is 2.20 bits per heavy atom. The third-order valence-corrected chi connectivity index (χ3v) is 4.53. The van der Waals surface area contributed by atoms with Gasteiger partial charge in [-0.05, 0) is 37.4 Å². The number of aryl methyl sites for hydroxylation is 1. The third kappa shape index (κ3) is 5.00. The van der Waals surface area contributed by atoms with Crippen LogP contribution >= 0.6 is 0 Å². The zero-order valence-corrected chi connectivity index (χ0v) is 14.6. The number of hydrogen-bond acceptors (Lipinski definition) is 5. The molecule has 132 valence electrons. The minimum atomic E-state index is -0.179. The smallest absolute Gasteiger partial charge is 0.221 e. The Bertz CT molecular complexity index is 733. The Morgan fingerprint density at radius 1 is 1.36 bits per heavy atom. The van der Waals surface area contributed by atoms with Crippen LogP contribution in [-0.2, 0) is 17.9 Å². The van der Waals surface area contributed by atoms with Crippen LogP contribution in [0, 0.1) is 12.8 Å². The van der Waals surface area contributed by atoms with E-state index >= 15 is 0 Å². The Balaban J connectivity index is 1.58. The van der Waals surface area contributed by atoms with Gasteiger partial charge in [0.15, 0.2) is 0 Å². The van der Waals surface area contributed by atoms with Crippen molar-refractivity contribution < 1.29 is 4.79 Å². The standard InChI is InChI=1S/C19H25N5O/c1-14-9-21-11-18(23-14)22-10-15-4-2-5-16(8-15)12-24-7-3-6-17(13-24)19(20)25/h2,4-5,8-9,11,17H,3,6-7,10,12-13H2,1H3,(H2,20,25)(H,22,23). The van der Waals surface area contributed by atoms with Crippen molar-refractivity contribution in [3.05, 3.63) is 53.5 Å². The monoisotopic (exact) mass is 339 g/mol. The fourth-order valence-electron chi connectivity index (χ4n) is 3.27. The van der Waals surface area contributed by atoms with Gasteiger partial charge in [0.25, 0.3) is 0 Å². The minimum Gasteiger partial charge on any atom is -0.369 e. The molecule has 0 radical (unpaired) electrons. The molecule has 1 atom stereocenters. The number of nitrogens with two attached hydrogens (primary N) is 1. The number of benzene rings is 1. The normalized spacial score (nSPS) is 18.0. The molecule has 0 saturated carbocycles. The summed E-state index contributed by atoms with van der Waals surface area (Å²) in [6.45, 7) is 5.26. The molecule has 25 heavy (non-hydrogen) atoms. The molecule has 0 bridgehead atoms. The fourth-order valence-corrected chi connectivity index (χ4v) is 3.27. The van der Waals surface area contributed by atoms with Gasteiger partial charge in [-0.3, -0.25) is 14.7 Å². The highest BCUT2D eigenvalue weighted by atomic mass is 16.1. The molecule has 2 aromatic rings. The molecule has 6 nitrogen and oxygen atoms in total. The molecule has 3 N–H and O–H groups in total. The van der Waals surface area contributed by atoms with Crippen LogP contribution in [0.4, 0.5) is 5.82 Å². The summed E-state index contributed by atoms with van der Waals surface area (Å²) in [5, 5.41) is 3.31. The molecule has 1 aromatic carbocycles. The summed E-state index contributed by atoms with van der Waals surface area (Å²) < 4.78 is 0. The summed E-state index contributed by atoms with van der Waals surface area (Å²) in [5.74, 6) is 0.589. The summed E-state index contributed by atoms with van der Waals surface area (Å²) in [5.41, 5.74) is 8.81. The van der Waals surface area contributed by atoms with Gasteiger partial charge in [0.2, 0.25) is 5.91 Å². The van der Waals surface area contributed by atoms with E-state index in [2.05, 4.69) is 44.5 Å². The molecule has 3 rings (SSSR count). The number of carbonyl (C=O) groups is 1. The predicted molar refractivity (Wildman–Crippen MR) is 97.7 cm³/mol. The maximum absolute atomic E-state index is 11.4. The zero-order valence-electron chi connectivity index (χ0n) is 14.6. The second-order valence-corrected chi connectivity index (χ2v) is 6.70. The lowest BCUT2D eigenvalue weighted by molar-refractivity contribution is -0.123. The van der Waals surface area contributed by atoms with Crippen molar-refractivity contribution in [1.82, 2.24) is 14.9 Å². The molecule has 0 aliphatic carbocycles. The Morgan fingerprint density at radius 3 is 3.00 bits per heavy atom. The summed E-state index contributed by atoms with van der Waals surface area (Å²) in [6.07, 6.45) is 5.41. The van der Waals surface area contributed by atoms with Crippen LogP contribution in [-0.4, -0.2) is 33.9 Å². The molecule has 1 amide bonds. The molecule has 1 unspecified atom stereocenters. The summed E-state index contributed by atoms with van der Waals surface area (Å²) >= 11 is 0. The number of piperidine rings is 1. The first-order valence-electron chi connectivity index (χ1n) is 8.72. The molecule has 1 aliphatic rings. The van der Waals surface area contributed by atoms with E-state index in [1.807, 2.05) is 6.92 Å². The van der Waals surface area contributed by atoms with E-state index in [9.17, 15) is 4.79 Å². The predicted octanol–water partition coefficient (Wildman–Crippen LogP) is 2.09. The van der Waals surface area contributed by atoms with E-state index in [0.717, 1.165) is 44.0 Å². The molecule has 1 aromatic heterocycles. The lowest BCUT2D eigenvalue weighted by Gasteiger charge is -2.31. The van der Waals surface area contributed by atoms with E-state index in [4.69, 9.17) is 5.73 Å². The molecule has 1 aliphatic heterocycles. The SMILES string of the molecule is Cc1cncc(NCc2cccc(CN3CCCC(C(N)=O)C3)c2)n1. The van der Waals surface area contributed by atoms with E-state index in [1.165, 1.54) is 11.1 Å². The van der Waals surface area contributed by atoms with E-state index in [1.54, 1.807) is 12.4 Å². The summed E-state index contributed by atoms with van der Waals surface area (Å²) in [7, 11) is 0. The number of nitrogens with one attached hydrogen (secondary N) is 1. The third-order valence-electron chi connectivity index (χ3n) is 4.53. The van der Waals surface area contributed by atoms with Crippen molar-refractivity contribution in [2.45, 2.75) is 32.9 Å². The highest BCUT2D eigenvalue weighted by Gasteiger charge is 2.23. The first-order chi connectivity index (χ1) is 12.1. The van der Waals surface area contributed by atoms with Gasteiger partial charge in [-0.25, -0.2) is 4.98 Å². The molecule has 0 spiro atoms. The van der Waals surface area contributed by atoms with Crippen molar-refractivity contribution in [2.24, 2.45) is 11.7 Å². The first-order valence-corrected chi connectivity index (χ1v) is 8.72. The number of carbonyl (C=O) groups excluding carboxylic acids is 1. The topological polar surface area (TPSA) is 84.1 Å². The summed E-state index contributed by atoms with van der Waals surface area (Å²) in [6, 6.07) is 8.50. The maximum atomic E-state index is 11.4. The van der Waals surface area contributed by atoms with Gasteiger partial charge in [0.05, 0.1) is 17.8 Å². The zero-order chi connectivity index (χ0) is 17.6. The molecule has 1 saturated heterocycles. The van der Waals surface area contributed by atoms with E-state index < -0.39 is 0 Å². The highest BCUT2D eigenvalue weighted by Crippen LogP contribution is 2.19. The van der Waals surface area contributed by atoms with Gasteiger partial charge in [0, 0.05) is 25.8 Å². The van der Waals surface area contributed by atoms with Crippen molar-refractivity contribution in [2.75, 3.05) is 18.4 Å². The molecular weight excluding hydrogens is 314 g/mol. The van der Waals surface area contributed by atoms with Gasteiger partial charge >= 0.3 is 0 Å². The number of hydrogen-bond donors (Lipinski definition) is 2. The van der Waals surface area contributed by atoms with Gasteiger partial charge in [-0.2, -0.15) is 0 Å². The first kappa shape index (κ1) is 17.4. The largest absolute Gasteiger partial charge is 0.369 e. The van der Waals surface area contributed by atoms with Crippen LogP contribution in [0.2, 0.25) is 0 Å². The number of anilines is 1. The second kappa shape index (κ2) is 8.07. The molecule has 2 heterocycles. The molecule has 6 heteroatoms. The average molecular weight is 339 g/mol. The van der Waals surface area contributed by atoms with Crippen molar-refractivity contribution >= 4 is 11.7 Å². The molecular formula is C19H25N5O. The van der Waals surface area contributed by atoms with Gasteiger partial charge in [-0.1, -0.05) is 24.3 Å².